The number of hydrogen-bond donors (Lipinski definition) is 1. The quantitative estimate of drug-likeness (QED) is 0.854. The molecule has 0 fully saturated rings. The van der Waals surface area contributed by atoms with Crippen LogP contribution in [0.1, 0.15) is 12.5 Å². The number of aliphatic hydroxyl groups is 1. The zero-order valence-electron chi connectivity index (χ0n) is 6.72. The minimum absolute atomic E-state index is 0.324. The van der Waals surface area contributed by atoms with Crippen LogP contribution in [0.5, 0.6) is 0 Å². The first kappa shape index (κ1) is 10.0. The summed E-state index contributed by atoms with van der Waals surface area (Å²) in [6.45, 7) is 1.76. The normalized spacial score (nSPS) is 13.0. The van der Waals surface area contributed by atoms with Gasteiger partial charge in [0, 0.05) is 9.50 Å². The van der Waals surface area contributed by atoms with Crippen LogP contribution in [0.4, 0.5) is 0 Å². The first-order chi connectivity index (χ1) is 5.58. The third-order valence-corrected chi connectivity index (χ3v) is 2.13. The SMILES string of the molecule is C[C@H](O)Cc1cc(Cl)cc(Br)c1. The van der Waals surface area contributed by atoms with Crippen molar-refractivity contribution in [3.63, 3.8) is 0 Å². The molecule has 66 valence electrons. The van der Waals surface area contributed by atoms with E-state index >= 15 is 0 Å². The molecule has 1 aromatic rings. The molecule has 0 aliphatic rings. The molecule has 0 saturated heterocycles. The monoisotopic (exact) mass is 248 g/mol. The largest absolute Gasteiger partial charge is 0.393 e. The molecule has 12 heavy (non-hydrogen) atoms. The van der Waals surface area contributed by atoms with Gasteiger partial charge in [-0.2, -0.15) is 0 Å². The first-order valence-electron chi connectivity index (χ1n) is 3.71. The molecule has 0 radical (unpaired) electrons. The van der Waals surface area contributed by atoms with E-state index in [2.05, 4.69) is 15.9 Å². The summed E-state index contributed by atoms with van der Waals surface area (Å²) >= 11 is 9.16. The zero-order chi connectivity index (χ0) is 9.14. The Morgan fingerprint density at radius 1 is 1.50 bits per heavy atom. The highest BCUT2D eigenvalue weighted by Crippen LogP contribution is 2.20. The predicted molar refractivity (Wildman–Crippen MR) is 54.5 cm³/mol. The summed E-state index contributed by atoms with van der Waals surface area (Å²) in [6, 6.07) is 5.64. The van der Waals surface area contributed by atoms with Crippen molar-refractivity contribution in [1.82, 2.24) is 0 Å². The molecule has 1 atom stereocenters. The van der Waals surface area contributed by atoms with Gasteiger partial charge in [-0.05, 0) is 37.1 Å². The third kappa shape index (κ3) is 3.13. The van der Waals surface area contributed by atoms with Gasteiger partial charge in [-0.15, -0.1) is 0 Å². The van der Waals surface area contributed by atoms with Gasteiger partial charge in [0.25, 0.3) is 0 Å². The molecule has 0 heterocycles. The minimum atomic E-state index is -0.324. The van der Waals surface area contributed by atoms with Crippen molar-refractivity contribution in [3.8, 4) is 0 Å². The first-order valence-corrected chi connectivity index (χ1v) is 4.88. The third-order valence-electron chi connectivity index (χ3n) is 1.45. The predicted octanol–water partition coefficient (Wildman–Crippen LogP) is 3.03. The maximum Gasteiger partial charge on any atom is 0.0552 e. The maximum atomic E-state index is 9.13. The molecule has 1 aromatic carbocycles. The van der Waals surface area contributed by atoms with Crippen molar-refractivity contribution < 1.29 is 5.11 Å². The number of hydrogen-bond acceptors (Lipinski definition) is 1. The highest BCUT2D eigenvalue weighted by molar-refractivity contribution is 9.10. The molecular weight excluding hydrogens is 239 g/mol. The average molecular weight is 250 g/mol. The van der Waals surface area contributed by atoms with E-state index < -0.39 is 0 Å². The van der Waals surface area contributed by atoms with Crippen LogP contribution in [0.15, 0.2) is 22.7 Å². The summed E-state index contributed by atoms with van der Waals surface area (Å²) in [5.74, 6) is 0. The Hall–Kier alpha value is -0.0500. The Bertz CT molecular complexity index is 253. The van der Waals surface area contributed by atoms with E-state index in [0.717, 1.165) is 10.0 Å². The van der Waals surface area contributed by atoms with Gasteiger partial charge in [-0.1, -0.05) is 27.5 Å². The highest BCUT2D eigenvalue weighted by atomic mass is 79.9. The molecule has 1 N–H and O–H groups in total. The van der Waals surface area contributed by atoms with Gasteiger partial charge in [0.15, 0.2) is 0 Å². The van der Waals surface area contributed by atoms with E-state index in [1.165, 1.54) is 0 Å². The Morgan fingerprint density at radius 2 is 2.17 bits per heavy atom. The van der Waals surface area contributed by atoms with E-state index in [0.29, 0.717) is 11.4 Å². The second-order valence-corrected chi connectivity index (χ2v) is 4.18. The molecule has 0 bridgehead atoms. The van der Waals surface area contributed by atoms with Gasteiger partial charge >= 0.3 is 0 Å². The lowest BCUT2D eigenvalue weighted by Gasteiger charge is -2.05. The molecule has 1 nitrogen and oxygen atoms in total. The second kappa shape index (κ2) is 4.26. The zero-order valence-corrected chi connectivity index (χ0v) is 9.06. The van der Waals surface area contributed by atoms with E-state index in [1.807, 2.05) is 18.2 Å². The fraction of sp³-hybridized carbons (Fsp3) is 0.333. The van der Waals surface area contributed by atoms with Gasteiger partial charge in [-0.25, -0.2) is 0 Å². The van der Waals surface area contributed by atoms with Crippen molar-refractivity contribution in [1.29, 1.82) is 0 Å². The van der Waals surface area contributed by atoms with Gasteiger partial charge in [0.05, 0.1) is 6.10 Å². The molecule has 0 spiro atoms. The molecular formula is C9H10BrClO. The van der Waals surface area contributed by atoms with E-state index in [9.17, 15) is 0 Å². The smallest absolute Gasteiger partial charge is 0.0552 e. The number of halogens is 2. The van der Waals surface area contributed by atoms with Crippen molar-refractivity contribution >= 4 is 27.5 Å². The van der Waals surface area contributed by atoms with Crippen LogP contribution in [0.25, 0.3) is 0 Å². The lowest BCUT2D eigenvalue weighted by Crippen LogP contribution is -2.03. The standard InChI is InChI=1S/C9H10BrClO/c1-6(12)2-7-3-8(10)5-9(11)4-7/h3-6,12H,2H2,1H3/t6-/m0/s1. The summed E-state index contributed by atoms with van der Waals surface area (Å²) in [6.07, 6.45) is 0.314. The van der Waals surface area contributed by atoms with Gasteiger partial charge in [-0.3, -0.25) is 0 Å². The fourth-order valence-corrected chi connectivity index (χ4v) is 2.00. The van der Waals surface area contributed by atoms with Crippen molar-refractivity contribution in [2.45, 2.75) is 19.4 Å². The molecule has 0 unspecified atom stereocenters. The van der Waals surface area contributed by atoms with E-state index in [1.54, 1.807) is 6.92 Å². The van der Waals surface area contributed by atoms with Crippen molar-refractivity contribution in [3.05, 3.63) is 33.3 Å². The summed E-state index contributed by atoms with van der Waals surface area (Å²) in [7, 11) is 0. The fourth-order valence-electron chi connectivity index (χ4n) is 1.07. The maximum absolute atomic E-state index is 9.13. The van der Waals surface area contributed by atoms with Crippen LogP contribution in [0, 0.1) is 0 Å². The van der Waals surface area contributed by atoms with Crippen LogP contribution in [-0.4, -0.2) is 11.2 Å². The highest BCUT2D eigenvalue weighted by Gasteiger charge is 2.01. The van der Waals surface area contributed by atoms with Crippen molar-refractivity contribution in [2.75, 3.05) is 0 Å². The Kier molecular flexibility index (Phi) is 3.56. The Balaban J connectivity index is 2.85. The summed E-state index contributed by atoms with van der Waals surface area (Å²) in [5, 5.41) is 9.82. The van der Waals surface area contributed by atoms with Crippen LogP contribution < -0.4 is 0 Å². The summed E-state index contributed by atoms with van der Waals surface area (Å²) in [4.78, 5) is 0. The topological polar surface area (TPSA) is 20.2 Å². The molecule has 0 aliphatic heterocycles. The van der Waals surface area contributed by atoms with E-state index in [4.69, 9.17) is 16.7 Å². The van der Waals surface area contributed by atoms with E-state index in [-0.39, 0.29) is 6.10 Å². The van der Waals surface area contributed by atoms with Gasteiger partial charge in [0.1, 0.15) is 0 Å². The summed E-state index contributed by atoms with van der Waals surface area (Å²) < 4.78 is 0.950. The van der Waals surface area contributed by atoms with Crippen LogP contribution >= 0.6 is 27.5 Å². The summed E-state index contributed by atoms with van der Waals surface area (Å²) in [5.41, 5.74) is 1.05. The minimum Gasteiger partial charge on any atom is -0.393 e. The average Bonchev–Trinajstić information content (AvgIpc) is 1.81. The van der Waals surface area contributed by atoms with Gasteiger partial charge < -0.3 is 5.11 Å². The Labute approximate surface area is 85.5 Å². The molecule has 0 saturated carbocycles. The molecule has 1 rings (SSSR count). The molecule has 0 aromatic heterocycles. The number of aliphatic hydroxyl groups excluding tert-OH is 1. The molecule has 0 amide bonds. The lowest BCUT2D eigenvalue weighted by atomic mass is 10.1. The van der Waals surface area contributed by atoms with Crippen LogP contribution in [-0.2, 0) is 6.42 Å². The van der Waals surface area contributed by atoms with Crippen molar-refractivity contribution in [2.24, 2.45) is 0 Å². The second-order valence-electron chi connectivity index (χ2n) is 2.83. The molecule has 3 heteroatoms. The lowest BCUT2D eigenvalue weighted by molar-refractivity contribution is 0.195. The number of rotatable bonds is 2. The molecule has 0 aliphatic carbocycles. The Morgan fingerprint density at radius 3 is 2.67 bits per heavy atom. The van der Waals surface area contributed by atoms with Crippen LogP contribution in [0.2, 0.25) is 5.02 Å². The number of benzene rings is 1. The van der Waals surface area contributed by atoms with Crippen LogP contribution in [0.3, 0.4) is 0 Å². The van der Waals surface area contributed by atoms with Gasteiger partial charge in [0.2, 0.25) is 0 Å².